The van der Waals surface area contributed by atoms with E-state index in [0.717, 1.165) is 44.0 Å². The molecule has 8 nitrogen and oxygen atoms in total. The van der Waals surface area contributed by atoms with Gasteiger partial charge in [-0.3, -0.25) is 4.79 Å². The van der Waals surface area contributed by atoms with Crippen molar-refractivity contribution in [2.75, 3.05) is 20.8 Å². The van der Waals surface area contributed by atoms with Crippen molar-refractivity contribution in [1.29, 1.82) is 0 Å². The highest BCUT2D eigenvalue weighted by molar-refractivity contribution is 5.93. The second-order valence-corrected chi connectivity index (χ2v) is 8.88. The van der Waals surface area contributed by atoms with Crippen LogP contribution in [0.3, 0.4) is 0 Å². The molecule has 0 N–H and O–H groups in total. The number of esters is 1. The van der Waals surface area contributed by atoms with Crippen LogP contribution in [0.2, 0.25) is 0 Å². The largest absolute Gasteiger partial charge is 0.496 e. The van der Waals surface area contributed by atoms with Gasteiger partial charge in [-0.05, 0) is 50.5 Å². The number of methoxy groups -OCH3 is 2. The van der Waals surface area contributed by atoms with E-state index in [-0.39, 0.29) is 28.8 Å². The van der Waals surface area contributed by atoms with E-state index in [1.54, 1.807) is 28.8 Å². The summed E-state index contributed by atoms with van der Waals surface area (Å²) >= 11 is 0. The lowest BCUT2D eigenvalue weighted by Gasteiger charge is -2.27. The average molecular weight is 495 g/mol. The third-order valence-electron chi connectivity index (χ3n) is 6.62. The van der Waals surface area contributed by atoms with Crippen molar-refractivity contribution in [1.82, 2.24) is 19.5 Å². The first-order valence-electron chi connectivity index (χ1n) is 12.2. The van der Waals surface area contributed by atoms with Crippen LogP contribution in [0.4, 0.5) is 4.39 Å². The van der Waals surface area contributed by atoms with Gasteiger partial charge in [0.05, 0.1) is 25.5 Å². The first-order valence-corrected chi connectivity index (χ1v) is 12.2. The van der Waals surface area contributed by atoms with Gasteiger partial charge >= 0.3 is 5.97 Å². The maximum Gasteiger partial charge on any atom is 0.330 e. The number of fused-ring (bicyclic) bond motifs is 1. The zero-order valence-electron chi connectivity index (χ0n) is 21.1. The average Bonchev–Trinajstić information content (AvgIpc) is 3.20. The van der Waals surface area contributed by atoms with Crippen molar-refractivity contribution >= 4 is 23.6 Å². The van der Waals surface area contributed by atoms with Crippen LogP contribution in [-0.2, 0) is 16.0 Å². The molecule has 1 aliphatic heterocycles. The molecule has 0 spiro atoms. The van der Waals surface area contributed by atoms with E-state index in [9.17, 15) is 9.59 Å². The minimum Gasteiger partial charge on any atom is -0.496 e. The number of likely N-dealkylation sites (tertiary alicyclic amines) is 1. The number of aryl methyl sites for hydroxylation is 1. The van der Waals surface area contributed by atoms with Gasteiger partial charge in [0.2, 0.25) is 0 Å². The molecule has 0 radical (unpaired) electrons. The highest BCUT2D eigenvalue weighted by atomic mass is 19.1. The Balaban J connectivity index is 1.77. The quantitative estimate of drug-likeness (QED) is 0.365. The number of carbonyl (C=O) groups is 2. The molecule has 4 rings (SSSR count). The predicted octanol–water partition coefficient (Wildman–Crippen LogP) is 4.70. The third-order valence-corrected chi connectivity index (χ3v) is 6.62. The topological polar surface area (TPSA) is 86.0 Å². The summed E-state index contributed by atoms with van der Waals surface area (Å²) < 4.78 is 27.1. The predicted molar refractivity (Wildman–Crippen MR) is 134 cm³/mol. The molecular formula is C27H31FN4O4. The van der Waals surface area contributed by atoms with Gasteiger partial charge in [0.15, 0.2) is 5.65 Å². The lowest BCUT2D eigenvalue weighted by molar-refractivity contribution is -0.134. The van der Waals surface area contributed by atoms with Crippen LogP contribution in [0.5, 0.6) is 5.75 Å². The zero-order valence-corrected chi connectivity index (χ0v) is 21.1. The van der Waals surface area contributed by atoms with Crippen LogP contribution < -0.4 is 4.74 Å². The Labute approximate surface area is 209 Å². The standard InChI is InChI=1S/C27H31FN4O4/c1-5-18-15-22(27(34)31-14-8-6-7-9-17(31)2)29-24-16-21(30-32(18)24)19-10-12-23(35-3)20(26(19)28)11-13-25(33)36-4/h10-13,15-17H,5-9,14H2,1-4H3/b13-11+/t17-/m1/s1. The van der Waals surface area contributed by atoms with E-state index in [4.69, 9.17) is 4.74 Å². The molecular weight excluding hydrogens is 463 g/mol. The number of aromatic nitrogens is 3. The number of rotatable bonds is 6. The van der Waals surface area contributed by atoms with Gasteiger partial charge in [-0.1, -0.05) is 19.8 Å². The van der Waals surface area contributed by atoms with E-state index in [0.29, 0.717) is 23.5 Å². The van der Waals surface area contributed by atoms with Crippen molar-refractivity contribution in [2.24, 2.45) is 0 Å². The summed E-state index contributed by atoms with van der Waals surface area (Å²) in [6.45, 7) is 4.78. The summed E-state index contributed by atoms with van der Waals surface area (Å²) in [7, 11) is 2.67. The highest BCUT2D eigenvalue weighted by Gasteiger charge is 2.25. The van der Waals surface area contributed by atoms with Gasteiger partial charge in [0.25, 0.3) is 5.91 Å². The Morgan fingerprint density at radius 3 is 2.72 bits per heavy atom. The summed E-state index contributed by atoms with van der Waals surface area (Å²) in [5.74, 6) is -1.02. The van der Waals surface area contributed by atoms with Gasteiger partial charge in [-0.2, -0.15) is 5.10 Å². The molecule has 36 heavy (non-hydrogen) atoms. The van der Waals surface area contributed by atoms with Crippen LogP contribution in [-0.4, -0.2) is 58.2 Å². The van der Waals surface area contributed by atoms with Crippen molar-refractivity contribution in [3.8, 4) is 17.0 Å². The molecule has 0 aliphatic carbocycles. The Morgan fingerprint density at radius 1 is 1.19 bits per heavy atom. The van der Waals surface area contributed by atoms with Crippen LogP contribution in [0.15, 0.2) is 30.3 Å². The maximum atomic E-state index is 15.6. The van der Waals surface area contributed by atoms with Crippen LogP contribution in [0.25, 0.3) is 23.0 Å². The summed E-state index contributed by atoms with van der Waals surface area (Å²) in [4.78, 5) is 31.5. The molecule has 0 saturated carbocycles. The van der Waals surface area contributed by atoms with Crippen molar-refractivity contribution in [2.45, 2.75) is 52.0 Å². The molecule has 0 unspecified atom stereocenters. The lowest BCUT2D eigenvalue weighted by atomic mass is 10.1. The summed E-state index contributed by atoms with van der Waals surface area (Å²) in [5.41, 5.74) is 2.33. The molecule has 2 aromatic heterocycles. The van der Waals surface area contributed by atoms with Crippen LogP contribution >= 0.6 is 0 Å². The summed E-state index contributed by atoms with van der Waals surface area (Å²) in [6.07, 6.45) is 7.27. The molecule has 1 amide bonds. The third kappa shape index (κ3) is 4.96. The fourth-order valence-corrected chi connectivity index (χ4v) is 4.58. The SMILES string of the molecule is CCc1cc(C(=O)N2CCCCC[C@H]2C)nc2cc(-c3ccc(OC)c(/C=C/C(=O)OC)c3F)nn12. The first kappa shape index (κ1) is 25.3. The molecule has 1 fully saturated rings. The van der Waals surface area contributed by atoms with E-state index >= 15 is 4.39 Å². The highest BCUT2D eigenvalue weighted by Crippen LogP contribution is 2.32. The van der Waals surface area contributed by atoms with E-state index in [2.05, 4.69) is 21.7 Å². The van der Waals surface area contributed by atoms with E-state index < -0.39 is 11.8 Å². The molecule has 1 aliphatic rings. The van der Waals surface area contributed by atoms with Crippen molar-refractivity contribution in [3.05, 3.63) is 53.1 Å². The molecule has 1 atom stereocenters. The summed E-state index contributed by atoms with van der Waals surface area (Å²) in [5, 5.41) is 4.60. The fraction of sp³-hybridized carbons (Fsp3) is 0.407. The van der Waals surface area contributed by atoms with Crippen LogP contribution in [0, 0.1) is 5.82 Å². The van der Waals surface area contributed by atoms with Crippen molar-refractivity contribution < 1.29 is 23.5 Å². The fourth-order valence-electron chi connectivity index (χ4n) is 4.58. The number of hydrogen-bond acceptors (Lipinski definition) is 6. The second kappa shape index (κ2) is 10.9. The first-order chi connectivity index (χ1) is 17.4. The van der Waals surface area contributed by atoms with Gasteiger partial charge in [0, 0.05) is 36.0 Å². The molecule has 9 heteroatoms. The van der Waals surface area contributed by atoms with Crippen LogP contribution in [0.1, 0.15) is 61.3 Å². The number of halogens is 1. The number of nitrogens with zero attached hydrogens (tertiary/aromatic N) is 4. The molecule has 0 bridgehead atoms. The van der Waals surface area contributed by atoms with Gasteiger partial charge in [-0.25, -0.2) is 18.7 Å². The lowest BCUT2D eigenvalue weighted by Crippen LogP contribution is -2.38. The monoisotopic (exact) mass is 494 g/mol. The van der Waals surface area contributed by atoms with Gasteiger partial charge < -0.3 is 14.4 Å². The Morgan fingerprint density at radius 2 is 2.00 bits per heavy atom. The van der Waals surface area contributed by atoms with Crippen molar-refractivity contribution in [3.63, 3.8) is 0 Å². The summed E-state index contributed by atoms with van der Waals surface area (Å²) in [6, 6.07) is 6.79. The normalized spacial score (nSPS) is 16.4. The molecule has 190 valence electrons. The Bertz CT molecular complexity index is 1320. The smallest absolute Gasteiger partial charge is 0.330 e. The Hall–Kier alpha value is -3.75. The number of carbonyl (C=O) groups excluding carboxylic acids is 2. The number of benzene rings is 1. The number of hydrogen-bond donors (Lipinski definition) is 0. The van der Waals surface area contributed by atoms with E-state index in [1.165, 1.54) is 20.3 Å². The van der Waals surface area contributed by atoms with E-state index in [1.807, 2.05) is 11.8 Å². The molecule has 1 saturated heterocycles. The number of ether oxygens (including phenoxy) is 2. The molecule has 3 aromatic rings. The number of amides is 1. The van der Waals surface area contributed by atoms with Gasteiger partial charge in [-0.15, -0.1) is 0 Å². The molecule has 1 aromatic carbocycles. The maximum absolute atomic E-state index is 15.6. The van der Waals surface area contributed by atoms with Gasteiger partial charge in [0.1, 0.15) is 17.3 Å². The minimum absolute atomic E-state index is 0.0878. The second-order valence-electron chi connectivity index (χ2n) is 8.88. The zero-order chi connectivity index (χ0) is 25.8. The molecule has 3 heterocycles. The Kier molecular flexibility index (Phi) is 7.67. The minimum atomic E-state index is -0.609.